The topological polar surface area (TPSA) is 113 Å². The van der Waals surface area contributed by atoms with Crippen LogP contribution in [0.25, 0.3) is 33.4 Å². The van der Waals surface area contributed by atoms with Crippen LogP contribution in [0.5, 0.6) is 0 Å². The monoisotopic (exact) mass is 605 g/mol. The van der Waals surface area contributed by atoms with E-state index in [1.165, 1.54) is 0 Å². The Labute approximate surface area is 262 Å². The molecule has 10 heteroatoms. The number of aryl methyl sites for hydroxylation is 2. The number of anilines is 1. The molecule has 2 amide bonds. The summed E-state index contributed by atoms with van der Waals surface area (Å²) in [5.41, 5.74) is 4.75. The van der Waals surface area contributed by atoms with E-state index in [1.807, 2.05) is 66.0 Å². The normalized spacial score (nSPS) is 17.2. The highest BCUT2D eigenvalue weighted by Gasteiger charge is 2.35. The van der Waals surface area contributed by atoms with Crippen LogP contribution in [-0.4, -0.2) is 67.0 Å². The van der Waals surface area contributed by atoms with E-state index >= 15 is 0 Å². The first kappa shape index (κ1) is 29.0. The molecule has 1 unspecified atom stereocenters. The van der Waals surface area contributed by atoms with E-state index in [2.05, 4.69) is 39.6 Å². The van der Waals surface area contributed by atoms with Crippen molar-refractivity contribution < 1.29 is 14.4 Å². The fourth-order valence-electron chi connectivity index (χ4n) is 6.30. The summed E-state index contributed by atoms with van der Waals surface area (Å²) in [7, 11) is 0. The summed E-state index contributed by atoms with van der Waals surface area (Å²) in [4.78, 5) is 27.7. The summed E-state index contributed by atoms with van der Waals surface area (Å²) in [6.07, 6.45) is 6.03. The highest BCUT2D eigenvalue weighted by molar-refractivity contribution is 5.95. The lowest BCUT2D eigenvalue weighted by Crippen LogP contribution is -2.53. The van der Waals surface area contributed by atoms with Crippen LogP contribution >= 0.6 is 0 Å². The summed E-state index contributed by atoms with van der Waals surface area (Å²) in [5, 5.41) is 18.7. The largest absolute Gasteiger partial charge is 0.389 e. The maximum Gasteiger partial charge on any atom is 0.317 e. The number of aliphatic hydroxyl groups is 1. The molecule has 1 saturated heterocycles. The second-order valence-electron chi connectivity index (χ2n) is 13.0. The Kier molecular flexibility index (Phi) is 7.32. The molecule has 2 aliphatic rings. The van der Waals surface area contributed by atoms with Crippen molar-refractivity contribution in [2.45, 2.75) is 64.8 Å². The van der Waals surface area contributed by atoms with Crippen LogP contribution in [-0.2, 0) is 6.54 Å². The molecule has 4 heterocycles. The fraction of sp³-hybridized carbons (Fsp3) is 0.371. The van der Waals surface area contributed by atoms with E-state index in [4.69, 9.17) is 14.5 Å². The number of rotatable bonds is 7. The number of nitrogens with one attached hydrogen (secondary N) is 1. The molecule has 2 N–H and O–H groups in total. The number of fused-ring (bicyclic) bond motifs is 1. The molecule has 5 aromatic rings. The molecule has 7 rings (SSSR count). The molecule has 1 atom stereocenters. The van der Waals surface area contributed by atoms with Gasteiger partial charge in [0.15, 0.2) is 5.82 Å². The first-order valence-electron chi connectivity index (χ1n) is 15.6. The van der Waals surface area contributed by atoms with Gasteiger partial charge in [-0.25, -0.2) is 14.8 Å². The Balaban J connectivity index is 1.36. The van der Waals surface area contributed by atoms with Gasteiger partial charge in [-0.1, -0.05) is 41.6 Å². The van der Waals surface area contributed by atoms with Crippen LogP contribution in [0.3, 0.4) is 0 Å². The number of aromatic nitrogens is 4. The zero-order chi connectivity index (χ0) is 31.3. The van der Waals surface area contributed by atoms with E-state index in [0.717, 1.165) is 63.3 Å². The maximum absolute atomic E-state index is 13.2. The van der Waals surface area contributed by atoms with Crippen LogP contribution in [0.15, 0.2) is 71.5 Å². The third-order valence-electron chi connectivity index (χ3n) is 8.60. The SMILES string of the molecule is Cc1noc(C)c1-c1ccc2nc(-c3ccn(CC(C)(C)O)c3)nc(N3CCN(C(=O)NC4CC4)CC3c3ccccc3)c2c1. The van der Waals surface area contributed by atoms with Gasteiger partial charge in [0.05, 0.1) is 29.4 Å². The summed E-state index contributed by atoms with van der Waals surface area (Å²) < 4.78 is 7.47. The van der Waals surface area contributed by atoms with Gasteiger partial charge in [0, 0.05) is 54.6 Å². The average Bonchev–Trinajstić information content (AvgIpc) is 3.61. The predicted molar refractivity (Wildman–Crippen MR) is 174 cm³/mol. The van der Waals surface area contributed by atoms with Crippen LogP contribution < -0.4 is 10.2 Å². The van der Waals surface area contributed by atoms with Crippen molar-refractivity contribution in [3.05, 3.63) is 84.0 Å². The summed E-state index contributed by atoms with van der Waals surface area (Å²) in [6, 6.07) is 18.7. The Morgan fingerprint density at radius 1 is 1.04 bits per heavy atom. The molecule has 232 valence electrons. The number of nitrogens with zero attached hydrogens (tertiary/aromatic N) is 6. The van der Waals surface area contributed by atoms with Gasteiger partial charge in [-0.15, -0.1) is 0 Å². The van der Waals surface area contributed by atoms with Crippen molar-refractivity contribution in [3.8, 4) is 22.5 Å². The minimum absolute atomic E-state index is 0.000146. The van der Waals surface area contributed by atoms with E-state index in [1.54, 1.807) is 13.8 Å². The smallest absolute Gasteiger partial charge is 0.317 e. The van der Waals surface area contributed by atoms with Gasteiger partial charge >= 0.3 is 6.03 Å². The third-order valence-corrected chi connectivity index (χ3v) is 8.60. The number of carbonyl (C=O) groups is 1. The number of carbonyl (C=O) groups excluding carboxylic acids is 1. The van der Waals surface area contributed by atoms with E-state index in [0.29, 0.717) is 38.0 Å². The highest BCUT2D eigenvalue weighted by Crippen LogP contribution is 2.38. The average molecular weight is 606 g/mol. The fourth-order valence-corrected chi connectivity index (χ4v) is 6.30. The highest BCUT2D eigenvalue weighted by atomic mass is 16.5. The molecule has 45 heavy (non-hydrogen) atoms. The molecule has 0 bridgehead atoms. The van der Waals surface area contributed by atoms with Crippen molar-refractivity contribution >= 4 is 22.8 Å². The van der Waals surface area contributed by atoms with Gasteiger partial charge in [0.2, 0.25) is 0 Å². The number of hydrogen-bond donors (Lipinski definition) is 2. The molecular weight excluding hydrogens is 566 g/mol. The number of urea groups is 1. The van der Waals surface area contributed by atoms with Crippen molar-refractivity contribution in [3.63, 3.8) is 0 Å². The standard InChI is InChI=1S/C35H39N7O3/c1-22-31(23(2)45-39-22)25-10-13-29-28(18-25)33(38-32(37-29)26-14-15-40(19-26)21-35(3,4)44)42-17-16-41(34(43)36-27-11-12-27)20-30(42)24-8-6-5-7-9-24/h5-10,13-15,18-19,27,30,44H,11-12,16-17,20-21H2,1-4H3,(H,36,43). The minimum Gasteiger partial charge on any atom is -0.389 e. The van der Waals surface area contributed by atoms with Crippen molar-refractivity contribution in [1.82, 2.24) is 29.9 Å². The molecule has 0 radical (unpaired) electrons. The molecule has 1 aliphatic carbocycles. The second kappa shape index (κ2) is 11.3. The van der Waals surface area contributed by atoms with Gasteiger partial charge in [0.25, 0.3) is 0 Å². The number of piperazine rings is 1. The molecule has 1 saturated carbocycles. The zero-order valence-corrected chi connectivity index (χ0v) is 26.2. The Morgan fingerprint density at radius 3 is 2.56 bits per heavy atom. The molecule has 10 nitrogen and oxygen atoms in total. The van der Waals surface area contributed by atoms with Gasteiger partial charge in [0.1, 0.15) is 11.6 Å². The minimum atomic E-state index is -0.853. The van der Waals surface area contributed by atoms with E-state index < -0.39 is 5.60 Å². The molecule has 3 aromatic heterocycles. The summed E-state index contributed by atoms with van der Waals surface area (Å²) in [5.74, 6) is 2.18. The Bertz CT molecular complexity index is 1830. The number of benzene rings is 2. The molecule has 1 aliphatic heterocycles. The molecule has 2 fully saturated rings. The zero-order valence-electron chi connectivity index (χ0n) is 26.2. The van der Waals surface area contributed by atoms with Crippen molar-refractivity contribution in [1.29, 1.82) is 0 Å². The molecule has 0 spiro atoms. The third kappa shape index (κ3) is 6.02. The van der Waals surface area contributed by atoms with Gasteiger partial charge in [-0.2, -0.15) is 0 Å². The first-order valence-corrected chi connectivity index (χ1v) is 15.6. The van der Waals surface area contributed by atoms with Crippen molar-refractivity contribution in [2.75, 3.05) is 24.5 Å². The first-order chi connectivity index (χ1) is 21.6. The van der Waals surface area contributed by atoms with E-state index in [-0.39, 0.29) is 12.1 Å². The molecule has 2 aromatic carbocycles. The number of amides is 2. The number of hydrogen-bond acceptors (Lipinski definition) is 7. The maximum atomic E-state index is 13.2. The van der Waals surface area contributed by atoms with Crippen LogP contribution in [0, 0.1) is 13.8 Å². The van der Waals surface area contributed by atoms with Gasteiger partial charge < -0.3 is 29.3 Å². The van der Waals surface area contributed by atoms with Crippen molar-refractivity contribution in [2.24, 2.45) is 0 Å². The van der Waals surface area contributed by atoms with Gasteiger partial charge in [-0.05, 0) is 69.9 Å². The lowest BCUT2D eigenvalue weighted by atomic mass is 9.99. The summed E-state index contributed by atoms with van der Waals surface area (Å²) >= 11 is 0. The Morgan fingerprint density at radius 2 is 1.84 bits per heavy atom. The second-order valence-corrected chi connectivity index (χ2v) is 13.0. The predicted octanol–water partition coefficient (Wildman–Crippen LogP) is 5.88. The van der Waals surface area contributed by atoms with Crippen LogP contribution in [0.2, 0.25) is 0 Å². The lowest BCUT2D eigenvalue weighted by molar-refractivity contribution is 0.0616. The van der Waals surface area contributed by atoms with Crippen LogP contribution in [0.1, 0.15) is 49.7 Å². The lowest BCUT2D eigenvalue weighted by Gasteiger charge is -2.42. The Hall–Kier alpha value is -4.70. The quantitative estimate of drug-likeness (QED) is 0.238. The van der Waals surface area contributed by atoms with Gasteiger partial charge in [-0.3, -0.25) is 0 Å². The van der Waals surface area contributed by atoms with Crippen LogP contribution in [0.4, 0.5) is 10.6 Å². The summed E-state index contributed by atoms with van der Waals surface area (Å²) in [6.45, 7) is 9.64. The van der Waals surface area contributed by atoms with E-state index in [9.17, 15) is 9.90 Å². The molecular formula is C35H39N7O3.